The lowest BCUT2D eigenvalue weighted by Crippen LogP contribution is -2.31. The number of halogens is 3. The Labute approximate surface area is 196 Å². The largest absolute Gasteiger partial charge is 0.573 e. The van der Waals surface area contributed by atoms with Crippen molar-refractivity contribution in [3.8, 4) is 17.0 Å². The van der Waals surface area contributed by atoms with Gasteiger partial charge in [0, 0.05) is 29.7 Å². The molecule has 1 aromatic carbocycles. The van der Waals surface area contributed by atoms with Crippen LogP contribution in [0, 0.1) is 19.8 Å². The Balaban J connectivity index is 1.41. The number of aromatic amines is 1. The number of amides is 1. The molecule has 34 heavy (non-hydrogen) atoms. The van der Waals surface area contributed by atoms with Gasteiger partial charge in [0.15, 0.2) is 0 Å². The molecule has 0 saturated heterocycles. The molecule has 1 saturated carbocycles. The Hall–Kier alpha value is -3.29. The molecule has 2 aromatic heterocycles. The van der Waals surface area contributed by atoms with Gasteiger partial charge in [-0.15, -0.1) is 13.2 Å². The predicted octanol–water partition coefficient (Wildman–Crippen LogP) is 6.30. The second-order valence-corrected chi connectivity index (χ2v) is 8.94. The van der Waals surface area contributed by atoms with E-state index in [0.29, 0.717) is 35.3 Å². The third kappa shape index (κ3) is 5.79. The molecule has 4 rings (SSSR count). The van der Waals surface area contributed by atoms with Crippen LogP contribution in [-0.2, 0) is 0 Å². The molecule has 180 valence electrons. The maximum Gasteiger partial charge on any atom is 0.573 e. The summed E-state index contributed by atoms with van der Waals surface area (Å²) in [6.07, 6.45) is 1.15. The minimum Gasteiger partial charge on any atom is -0.405 e. The van der Waals surface area contributed by atoms with Gasteiger partial charge in [-0.25, -0.2) is 0 Å². The number of alkyl halides is 3. The topological polar surface area (TPSA) is 67.0 Å². The fourth-order valence-electron chi connectivity index (χ4n) is 4.72. The molecule has 0 aliphatic heterocycles. The summed E-state index contributed by atoms with van der Waals surface area (Å²) in [5.74, 6) is 0.216. The number of pyridine rings is 1. The third-order valence-corrected chi connectivity index (χ3v) is 6.37. The number of H-pyrrole nitrogens is 1. The fraction of sp³-hybridized carbons (Fsp3) is 0.385. The summed E-state index contributed by atoms with van der Waals surface area (Å²) in [6.45, 7) is 4.29. The second-order valence-electron chi connectivity index (χ2n) is 8.94. The van der Waals surface area contributed by atoms with E-state index in [9.17, 15) is 18.0 Å². The van der Waals surface area contributed by atoms with Crippen LogP contribution in [0.4, 0.5) is 13.2 Å². The van der Waals surface area contributed by atoms with Crippen LogP contribution in [0.25, 0.3) is 11.3 Å². The Morgan fingerprint density at radius 3 is 2.56 bits per heavy atom. The van der Waals surface area contributed by atoms with Crippen molar-refractivity contribution >= 4 is 5.91 Å². The molecule has 5 nitrogen and oxygen atoms in total. The summed E-state index contributed by atoms with van der Waals surface area (Å²) in [4.78, 5) is 20.3. The smallest absolute Gasteiger partial charge is 0.405 e. The van der Waals surface area contributed by atoms with Gasteiger partial charge >= 0.3 is 6.36 Å². The van der Waals surface area contributed by atoms with Crippen molar-refractivity contribution in [3.63, 3.8) is 0 Å². The van der Waals surface area contributed by atoms with Crippen LogP contribution in [0.5, 0.6) is 5.75 Å². The Morgan fingerprint density at radius 1 is 1.12 bits per heavy atom. The number of nitrogens with one attached hydrogen (secondary N) is 2. The van der Waals surface area contributed by atoms with Gasteiger partial charge in [-0.3, -0.25) is 9.78 Å². The molecule has 2 N–H and O–H groups in total. The van der Waals surface area contributed by atoms with Gasteiger partial charge in [-0.05, 0) is 87.3 Å². The van der Waals surface area contributed by atoms with Crippen LogP contribution in [0.1, 0.15) is 58.9 Å². The second kappa shape index (κ2) is 9.91. The van der Waals surface area contributed by atoms with E-state index in [4.69, 9.17) is 0 Å². The lowest BCUT2D eigenvalue weighted by molar-refractivity contribution is -0.274. The van der Waals surface area contributed by atoms with Crippen LogP contribution >= 0.6 is 0 Å². The molecule has 3 aromatic rings. The standard InChI is InChI=1S/C26H28F3N3O2/c1-16-13-20(11-12-30-16)19-9-7-18(8-10-19)15-31-25(33)22-14-17(2)32-24(22)21-5-3-4-6-23(21)34-26(27,28)29/h3-6,11-14,18-19,32H,7-10,15H2,1-2H3,(H,31,33). The quantitative estimate of drug-likeness (QED) is 0.444. The van der Waals surface area contributed by atoms with Gasteiger partial charge < -0.3 is 15.0 Å². The zero-order valence-electron chi connectivity index (χ0n) is 19.2. The molecule has 1 aliphatic rings. The van der Waals surface area contributed by atoms with E-state index in [1.807, 2.05) is 13.1 Å². The minimum absolute atomic E-state index is 0.186. The van der Waals surface area contributed by atoms with Crippen molar-refractivity contribution in [1.82, 2.24) is 15.3 Å². The Bertz CT molecular complexity index is 1150. The predicted molar refractivity (Wildman–Crippen MR) is 124 cm³/mol. The summed E-state index contributed by atoms with van der Waals surface area (Å²) < 4.78 is 42.8. The molecule has 0 atom stereocenters. The van der Waals surface area contributed by atoms with Crippen molar-refractivity contribution in [2.45, 2.75) is 51.8 Å². The van der Waals surface area contributed by atoms with Crippen LogP contribution < -0.4 is 10.1 Å². The molecular formula is C26H28F3N3O2. The van der Waals surface area contributed by atoms with Crippen LogP contribution in [-0.4, -0.2) is 28.8 Å². The first-order valence-corrected chi connectivity index (χ1v) is 11.4. The molecule has 0 unspecified atom stereocenters. The first kappa shape index (κ1) is 23.9. The molecule has 1 fully saturated rings. The lowest BCUT2D eigenvalue weighted by atomic mass is 9.79. The van der Waals surface area contributed by atoms with Crippen molar-refractivity contribution in [3.05, 3.63) is 71.2 Å². The molecule has 8 heteroatoms. The van der Waals surface area contributed by atoms with E-state index in [-0.39, 0.29) is 17.2 Å². The maximum absolute atomic E-state index is 13.0. The molecule has 1 amide bonds. The summed E-state index contributed by atoms with van der Waals surface area (Å²) in [5, 5.41) is 2.99. The van der Waals surface area contributed by atoms with E-state index in [2.05, 4.69) is 32.2 Å². The van der Waals surface area contributed by atoms with Gasteiger partial charge in [-0.1, -0.05) is 12.1 Å². The van der Waals surface area contributed by atoms with Gasteiger partial charge in [0.05, 0.1) is 11.3 Å². The number of hydrogen-bond donors (Lipinski definition) is 2. The first-order chi connectivity index (χ1) is 16.2. The highest BCUT2D eigenvalue weighted by Crippen LogP contribution is 2.37. The van der Waals surface area contributed by atoms with Crippen molar-refractivity contribution < 1.29 is 22.7 Å². The lowest BCUT2D eigenvalue weighted by Gasteiger charge is -2.29. The highest BCUT2D eigenvalue weighted by Gasteiger charge is 2.33. The maximum atomic E-state index is 13.0. The average molecular weight is 472 g/mol. The van der Waals surface area contributed by atoms with E-state index in [1.54, 1.807) is 19.1 Å². The van der Waals surface area contributed by atoms with Gasteiger partial charge in [-0.2, -0.15) is 0 Å². The summed E-state index contributed by atoms with van der Waals surface area (Å²) in [7, 11) is 0. The number of rotatable bonds is 6. The minimum atomic E-state index is -4.83. The van der Waals surface area contributed by atoms with Crippen molar-refractivity contribution in [2.24, 2.45) is 5.92 Å². The Morgan fingerprint density at radius 2 is 1.85 bits per heavy atom. The number of para-hydroxylation sites is 1. The highest BCUT2D eigenvalue weighted by molar-refractivity contribution is 6.01. The molecule has 0 spiro atoms. The average Bonchev–Trinajstić information content (AvgIpc) is 3.18. The molecule has 0 radical (unpaired) electrons. The zero-order valence-corrected chi connectivity index (χ0v) is 19.2. The number of benzene rings is 1. The van der Waals surface area contributed by atoms with Gasteiger partial charge in [0.2, 0.25) is 0 Å². The third-order valence-electron chi connectivity index (χ3n) is 6.37. The molecule has 0 bridgehead atoms. The summed E-state index contributed by atoms with van der Waals surface area (Å²) in [5.41, 5.74) is 3.82. The Kier molecular flexibility index (Phi) is 6.95. The number of ether oxygens (including phenoxy) is 1. The van der Waals surface area contributed by atoms with E-state index >= 15 is 0 Å². The van der Waals surface area contributed by atoms with Crippen LogP contribution in [0.3, 0.4) is 0 Å². The fourth-order valence-corrected chi connectivity index (χ4v) is 4.72. The zero-order chi connectivity index (χ0) is 24.3. The summed E-state index contributed by atoms with van der Waals surface area (Å²) >= 11 is 0. The van der Waals surface area contributed by atoms with Crippen LogP contribution in [0.2, 0.25) is 0 Å². The number of hydrogen-bond acceptors (Lipinski definition) is 3. The highest BCUT2D eigenvalue weighted by atomic mass is 19.4. The summed E-state index contributed by atoms with van der Waals surface area (Å²) in [6, 6.07) is 11.7. The molecular weight excluding hydrogens is 443 g/mol. The van der Waals surface area contributed by atoms with Gasteiger partial charge in [0.1, 0.15) is 5.75 Å². The first-order valence-electron chi connectivity index (χ1n) is 11.4. The van der Waals surface area contributed by atoms with Crippen molar-refractivity contribution in [2.75, 3.05) is 6.54 Å². The molecule has 2 heterocycles. The number of carbonyl (C=O) groups is 1. The van der Waals surface area contributed by atoms with E-state index in [1.165, 1.54) is 23.8 Å². The van der Waals surface area contributed by atoms with Crippen LogP contribution in [0.15, 0.2) is 48.7 Å². The normalized spacial score (nSPS) is 18.5. The van der Waals surface area contributed by atoms with E-state index < -0.39 is 6.36 Å². The van der Waals surface area contributed by atoms with Gasteiger partial charge in [0.25, 0.3) is 5.91 Å². The number of aromatic nitrogens is 2. The number of nitrogens with zero attached hydrogens (tertiary/aromatic N) is 1. The number of carbonyl (C=O) groups excluding carboxylic acids is 1. The number of aryl methyl sites for hydroxylation is 2. The monoisotopic (exact) mass is 471 g/mol. The van der Waals surface area contributed by atoms with E-state index in [0.717, 1.165) is 31.4 Å². The van der Waals surface area contributed by atoms with Crippen molar-refractivity contribution in [1.29, 1.82) is 0 Å². The SMILES string of the molecule is Cc1cc(C2CCC(CNC(=O)c3cc(C)[nH]c3-c3ccccc3OC(F)(F)F)CC2)ccn1. The molecule has 1 aliphatic carbocycles.